The van der Waals surface area contributed by atoms with Crippen LogP contribution in [0.2, 0.25) is 0 Å². The number of hydrogen-bond acceptors (Lipinski definition) is 3. The molecule has 15 heavy (non-hydrogen) atoms. The van der Waals surface area contributed by atoms with Crippen LogP contribution in [-0.4, -0.2) is 9.79 Å². The van der Waals surface area contributed by atoms with Gasteiger partial charge in [0.05, 0.1) is 0 Å². The van der Waals surface area contributed by atoms with E-state index in [2.05, 4.69) is 0 Å². The van der Waals surface area contributed by atoms with Crippen molar-refractivity contribution in [3.63, 3.8) is 0 Å². The highest BCUT2D eigenvalue weighted by atomic mass is 31.1. The molecule has 0 saturated heterocycles. The van der Waals surface area contributed by atoms with Gasteiger partial charge in [-0.1, -0.05) is 18.2 Å². The molecular formula is C9H9O5P. The van der Waals surface area contributed by atoms with Crippen LogP contribution in [0.1, 0.15) is 0 Å². The van der Waals surface area contributed by atoms with Crippen molar-refractivity contribution in [2.75, 3.05) is 0 Å². The zero-order valence-electron chi connectivity index (χ0n) is 7.58. The quantitative estimate of drug-likeness (QED) is 0.521. The molecule has 0 aliphatic rings. The first kappa shape index (κ1) is 11.7. The summed E-state index contributed by atoms with van der Waals surface area (Å²) in [6.07, 6.45) is 0. The Balaban J connectivity index is 0.000000245. The molecule has 5 nitrogen and oxygen atoms in total. The molecule has 0 radical (unpaired) electrons. The molecule has 1 aromatic carbocycles. The van der Waals surface area contributed by atoms with Crippen molar-refractivity contribution in [1.82, 2.24) is 0 Å². The maximum Gasteiger partial charge on any atom is 0.336 e. The van der Waals surface area contributed by atoms with E-state index in [0.29, 0.717) is 5.58 Å². The molecule has 0 atom stereocenters. The fourth-order valence-corrected chi connectivity index (χ4v) is 1.01. The van der Waals surface area contributed by atoms with Gasteiger partial charge in [-0.05, 0) is 12.1 Å². The number of fused-ring (bicyclic) bond motifs is 1. The lowest BCUT2D eigenvalue weighted by molar-refractivity contribution is 0.405. The molecule has 80 valence electrons. The molecule has 2 rings (SSSR count). The van der Waals surface area contributed by atoms with Crippen molar-refractivity contribution < 1.29 is 18.8 Å². The molecule has 1 heterocycles. The largest absolute Gasteiger partial charge is 0.423 e. The lowest BCUT2D eigenvalue weighted by atomic mass is 10.2. The lowest BCUT2D eigenvalue weighted by Gasteiger charge is -1.91. The molecule has 0 fully saturated rings. The predicted octanol–water partition coefficient (Wildman–Crippen LogP) is 1.15. The van der Waals surface area contributed by atoms with E-state index < -0.39 is 8.25 Å². The van der Waals surface area contributed by atoms with Crippen molar-refractivity contribution in [3.05, 3.63) is 46.8 Å². The average molecular weight is 228 g/mol. The van der Waals surface area contributed by atoms with Crippen molar-refractivity contribution >= 4 is 19.2 Å². The third-order valence-corrected chi connectivity index (χ3v) is 1.53. The molecule has 0 unspecified atom stereocenters. The van der Waals surface area contributed by atoms with Gasteiger partial charge in [-0.15, -0.1) is 0 Å². The smallest absolute Gasteiger partial charge is 0.336 e. The summed E-state index contributed by atoms with van der Waals surface area (Å²) in [4.78, 5) is 25.0. The fraction of sp³-hybridized carbons (Fsp3) is 0. The van der Waals surface area contributed by atoms with Gasteiger partial charge in [-0.3, -0.25) is 4.57 Å². The van der Waals surface area contributed by atoms with Crippen LogP contribution >= 0.6 is 8.25 Å². The van der Waals surface area contributed by atoms with Crippen LogP contribution in [0.4, 0.5) is 0 Å². The Morgan fingerprint density at radius 1 is 1.07 bits per heavy atom. The third-order valence-electron chi connectivity index (χ3n) is 1.53. The minimum Gasteiger partial charge on any atom is -0.423 e. The molecule has 0 saturated carbocycles. The summed E-state index contributed by atoms with van der Waals surface area (Å²) in [6, 6.07) is 10.6. The summed E-state index contributed by atoms with van der Waals surface area (Å²) in [6.45, 7) is 0. The Morgan fingerprint density at radius 2 is 1.67 bits per heavy atom. The summed E-state index contributed by atoms with van der Waals surface area (Å²) in [5.74, 6) is 0. The molecule has 2 N–H and O–H groups in total. The van der Waals surface area contributed by atoms with Crippen LogP contribution in [0, 0.1) is 0 Å². The van der Waals surface area contributed by atoms with Crippen LogP contribution in [-0.2, 0) is 4.57 Å². The molecule has 2 aromatic rings. The van der Waals surface area contributed by atoms with E-state index in [1.807, 2.05) is 18.2 Å². The number of benzene rings is 1. The summed E-state index contributed by atoms with van der Waals surface area (Å²) in [7, 11) is -3.13. The maximum absolute atomic E-state index is 10.7. The number of rotatable bonds is 0. The predicted molar refractivity (Wildman–Crippen MR) is 55.9 cm³/mol. The fourth-order valence-electron chi connectivity index (χ4n) is 1.01. The van der Waals surface area contributed by atoms with Gasteiger partial charge in [0.15, 0.2) is 0 Å². The molecule has 1 aromatic heterocycles. The average Bonchev–Trinajstić information content (AvgIpc) is 2.16. The van der Waals surface area contributed by atoms with E-state index in [4.69, 9.17) is 18.8 Å². The first-order valence-electron chi connectivity index (χ1n) is 4.00. The molecular weight excluding hydrogens is 219 g/mol. The van der Waals surface area contributed by atoms with Crippen molar-refractivity contribution in [1.29, 1.82) is 0 Å². The van der Waals surface area contributed by atoms with Gasteiger partial charge in [-0.2, -0.15) is 0 Å². The van der Waals surface area contributed by atoms with Gasteiger partial charge in [0, 0.05) is 11.5 Å². The van der Waals surface area contributed by atoms with Gasteiger partial charge in [-0.25, -0.2) is 4.79 Å². The van der Waals surface area contributed by atoms with Crippen molar-refractivity contribution in [2.24, 2.45) is 0 Å². The van der Waals surface area contributed by atoms with Crippen LogP contribution in [0.3, 0.4) is 0 Å². The first-order chi connectivity index (χ1) is 7.09. The first-order valence-corrected chi connectivity index (χ1v) is 5.30. The zero-order chi connectivity index (χ0) is 11.3. The summed E-state index contributed by atoms with van der Waals surface area (Å²) in [5, 5.41) is 0.951. The van der Waals surface area contributed by atoms with Crippen molar-refractivity contribution in [2.45, 2.75) is 0 Å². The van der Waals surface area contributed by atoms with Gasteiger partial charge >= 0.3 is 13.9 Å². The Hall–Kier alpha value is -1.42. The maximum atomic E-state index is 10.7. The summed E-state index contributed by atoms with van der Waals surface area (Å²) >= 11 is 0. The monoisotopic (exact) mass is 228 g/mol. The SMILES string of the molecule is O=[PH](O)O.O=c1ccc2ccccc2o1. The molecule has 6 heteroatoms. The van der Waals surface area contributed by atoms with E-state index >= 15 is 0 Å². The molecule has 0 aliphatic heterocycles. The summed E-state index contributed by atoms with van der Waals surface area (Å²) in [5.41, 5.74) is 0.337. The zero-order valence-corrected chi connectivity index (χ0v) is 8.58. The highest BCUT2D eigenvalue weighted by Crippen LogP contribution is 2.08. The Morgan fingerprint density at radius 3 is 2.33 bits per heavy atom. The van der Waals surface area contributed by atoms with Crippen LogP contribution in [0.5, 0.6) is 0 Å². The minimum absolute atomic E-state index is 0.302. The van der Waals surface area contributed by atoms with Crippen LogP contribution < -0.4 is 5.63 Å². The van der Waals surface area contributed by atoms with Crippen LogP contribution in [0.25, 0.3) is 11.0 Å². The van der Waals surface area contributed by atoms with Gasteiger partial charge in [0.1, 0.15) is 5.58 Å². The molecule has 0 bridgehead atoms. The lowest BCUT2D eigenvalue weighted by Crippen LogP contribution is -1.93. The molecule has 0 spiro atoms. The second kappa shape index (κ2) is 5.46. The normalized spacial score (nSPS) is 9.80. The number of para-hydroxylation sites is 1. The van der Waals surface area contributed by atoms with E-state index in [1.54, 1.807) is 12.1 Å². The second-order valence-corrected chi connectivity index (χ2v) is 3.14. The van der Waals surface area contributed by atoms with Gasteiger partial charge < -0.3 is 14.2 Å². The second-order valence-electron chi connectivity index (χ2n) is 2.57. The topological polar surface area (TPSA) is 87.7 Å². The van der Waals surface area contributed by atoms with E-state index in [9.17, 15) is 4.79 Å². The van der Waals surface area contributed by atoms with Gasteiger partial charge in [0.25, 0.3) is 0 Å². The summed E-state index contributed by atoms with van der Waals surface area (Å²) < 4.78 is 13.6. The van der Waals surface area contributed by atoms with Crippen LogP contribution in [0.15, 0.2) is 45.6 Å². The van der Waals surface area contributed by atoms with E-state index in [1.165, 1.54) is 6.07 Å². The molecule has 0 aliphatic carbocycles. The van der Waals surface area contributed by atoms with Crippen molar-refractivity contribution in [3.8, 4) is 0 Å². The Kier molecular flexibility index (Phi) is 4.24. The van der Waals surface area contributed by atoms with Gasteiger partial charge in [0.2, 0.25) is 0 Å². The standard InChI is InChI=1S/C9H6O2.H3O3P/c10-9-6-5-7-3-1-2-4-8(7)11-9;1-4(2)3/h1-6H;4H,(H2,1,2,3). The Labute approximate surface area is 85.6 Å². The Bertz CT molecular complexity index is 515. The molecule has 0 amide bonds. The van der Waals surface area contributed by atoms with E-state index in [0.717, 1.165) is 5.39 Å². The third kappa shape index (κ3) is 4.08. The van der Waals surface area contributed by atoms with E-state index in [-0.39, 0.29) is 5.63 Å². The minimum atomic E-state index is -3.13. The highest BCUT2D eigenvalue weighted by molar-refractivity contribution is 7.30. The number of hydrogen-bond donors (Lipinski definition) is 2. The highest BCUT2D eigenvalue weighted by Gasteiger charge is 1.92.